The summed E-state index contributed by atoms with van der Waals surface area (Å²) in [6.07, 6.45) is 0. The maximum Gasteiger partial charge on any atom is 0.357 e. The van der Waals surface area contributed by atoms with Crippen molar-refractivity contribution in [2.24, 2.45) is 0 Å². The second-order valence-corrected chi connectivity index (χ2v) is 10.5. The lowest BCUT2D eigenvalue weighted by Crippen LogP contribution is -2.20. The summed E-state index contributed by atoms with van der Waals surface area (Å²) in [6, 6.07) is 41.1. The van der Waals surface area contributed by atoms with Crippen LogP contribution in [0.2, 0.25) is 0 Å². The molecular formula is C33H20N4OS. The minimum Gasteiger partial charge on any atom is -0.278 e. The molecule has 0 aliphatic heterocycles. The molecule has 5 aromatic carbocycles. The van der Waals surface area contributed by atoms with E-state index in [2.05, 4.69) is 53.5 Å². The Kier molecular flexibility index (Phi) is 4.77. The van der Waals surface area contributed by atoms with E-state index in [1.54, 1.807) is 4.40 Å². The van der Waals surface area contributed by atoms with Crippen molar-refractivity contribution in [2.75, 3.05) is 0 Å². The second-order valence-electron chi connectivity index (χ2n) is 9.50. The third-order valence-electron chi connectivity index (χ3n) is 7.25. The molecule has 5 nitrogen and oxygen atoms in total. The number of para-hydroxylation sites is 2. The first-order valence-electron chi connectivity index (χ1n) is 12.7. The highest BCUT2D eigenvalue weighted by atomic mass is 32.1. The molecule has 8 aromatic rings. The highest BCUT2D eigenvalue weighted by Crippen LogP contribution is 2.38. The standard InChI is InChI=1S/C33H20N4OS/c38-32-34-31(36-27-17-9-7-15-24(27)25-16-8-10-18-28(25)36)35-33-37(32)29-20-23(21-11-3-1-4-12-21)19-26(30(29)39-33)22-13-5-2-6-14-22/h1-20H. The Morgan fingerprint density at radius 2 is 1.15 bits per heavy atom. The first-order valence-corrected chi connectivity index (χ1v) is 13.5. The third-order valence-corrected chi connectivity index (χ3v) is 8.34. The second kappa shape index (κ2) is 8.48. The Morgan fingerprint density at radius 1 is 0.564 bits per heavy atom. The Bertz CT molecular complexity index is 2190. The molecule has 0 atom stereocenters. The summed E-state index contributed by atoms with van der Waals surface area (Å²) in [6.45, 7) is 0. The van der Waals surface area contributed by atoms with E-state index in [0.29, 0.717) is 10.9 Å². The molecule has 0 unspecified atom stereocenters. The quantitative estimate of drug-likeness (QED) is 0.239. The molecule has 0 saturated carbocycles. The van der Waals surface area contributed by atoms with Gasteiger partial charge < -0.3 is 0 Å². The van der Waals surface area contributed by atoms with Crippen LogP contribution < -0.4 is 5.69 Å². The van der Waals surface area contributed by atoms with Gasteiger partial charge in [0.2, 0.25) is 10.9 Å². The van der Waals surface area contributed by atoms with E-state index in [9.17, 15) is 4.79 Å². The van der Waals surface area contributed by atoms with Crippen LogP contribution in [0.5, 0.6) is 0 Å². The summed E-state index contributed by atoms with van der Waals surface area (Å²) in [5.41, 5.74) is 6.71. The van der Waals surface area contributed by atoms with Crippen molar-refractivity contribution in [1.82, 2.24) is 18.9 Å². The summed E-state index contributed by atoms with van der Waals surface area (Å²) in [4.78, 5) is 23.9. The Morgan fingerprint density at radius 3 is 1.82 bits per heavy atom. The zero-order chi connectivity index (χ0) is 25.9. The Hall–Kier alpha value is -5.07. The molecule has 0 aliphatic rings. The van der Waals surface area contributed by atoms with Crippen molar-refractivity contribution in [3.05, 3.63) is 132 Å². The maximum atomic E-state index is 13.7. The van der Waals surface area contributed by atoms with Gasteiger partial charge in [-0.2, -0.15) is 9.97 Å². The third kappa shape index (κ3) is 3.35. The Balaban J connectivity index is 1.46. The van der Waals surface area contributed by atoms with Crippen molar-refractivity contribution in [1.29, 1.82) is 0 Å². The van der Waals surface area contributed by atoms with E-state index in [-0.39, 0.29) is 5.69 Å². The molecule has 39 heavy (non-hydrogen) atoms. The minimum atomic E-state index is -0.340. The van der Waals surface area contributed by atoms with Crippen molar-refractivity contribution in [3.63, 3.8) is 0 Å². The van der Waals surface area contributed by atoms with Gasteiger partial charge in [-0.3, -0.25) is 4.57 Å². The summed E-state index contributed by atoms with van der Waals surface area (Å²) in [5, 5.41) is 2.21. The molecule has 0 fully saturated rings. The van der Waals surface area contributed by atoms with Gasteiger partial charge in [-0.25, -0.2) is 9.20 Å². The van der Waals surface area contributed by atoms with Gasteiger partial charge in [-0.15, -0.1) is 0 Å². The van der Waals surface area contributed by atoms with E-state index in [0.717, 1.165) is 54.3 Å². The zero-order valence-corrected chi connectivity index (χ0v) is 21.5. The van der Waals surface area contributed by atoms with Crippen molar-refractivity contribution in [2.45, 2.75) is 0 Å². The number of rotatable bonds is 3. The average molecular weight is 521 g/mol. The lowest BCUT2D eigenvalue weighted by atomic mass is 9.98. The molecule has 0 bridgehead atoms. The minimum absolute atomic E-state index is 0.340. The first kappa shape index (κ1) is 22.0. The van der Waals surface area contributed by atoms with Crippen LogP contribution in [0.4, 0.5) is 0 Å². The number of aromatic nitrogens is 4. The zero-order valence-electron chi connectivity index (χ0n) is 20.7. The van der Waals surface area contributed by atoms with Crippen molar-refractivity contribution in [3.8, 4) is 28.2 Å². The molecule has 0 spiro atoms. The first-order chi connectivity index (χ1) is 19.3. The van der Waals surface area contributed by atoms with Crippen LogP contribution in [-0.4, -0.2) is 18.9 Å². The van der Waals surface area contributed by atoms with E-state index >= 15 is 0 Å². The summed E-state index contributed by atoms with van der Waals surface area (Å²) < 4.78 is 4.65. The van der Waals surface area contributed by atoms with Crippen LogP contribution in [-0.2, 0) is 0 Å². The normalized spacial score (nSPS) is 11.7. The van der Waals surface area contributed by atoms with Gasteiger partial charge in [-0.05, 0) is 41.0 Å². The molecule has 0 amide bonds. The van der Waals surface area contributed by atoms with Crippen molar-refractivity contribution < 1.29 is 0 Å². The molecule has 0 saturated heterocycles. The van der Waals surface area contributed by atoms with Crippen LogP contribution in [0, 0.1) is 0 Å². The molecule has 0 radical (unpaired) electrons. The van der Waals surface area contributed by atoms with Gasteiger partial charge in [0.25, 0.3) is 0 Å². The molecule has 3 heterocycles. The number of hydrogen-bond acceptors (Lipinski definition) is 4. The van der Waals surface area contributed by atoms with Gasteiger partial charge in [0.1, 0.15) is 0 Å². The van der Waals surface area contributed by atoms with Gasteiger partial charge in [0, 0.05) is 16.3 Å². The Labute approximate surface area is 226 Å². The molecule has 3 aromatic heterocycles. The van der Waals surface area contributed by atoms with Gasteiger partial charge in [0.05, 0.1) is 21.3 Å². The average Bonchev–Trinajstić information content (AvgIpc) is 3.53. The topological polar surface area (TPSA) is 52.2 Å². The predicted octanol–water partition coefficient (Wildman–Crippen LogP) is 7.74. The summed E-state index contributed by atoms with van der Waals surface area (Å²) >= 11 is 1.52. The van der Waals surface area contributed by atoms with Crippen LogP contribution in [0.25, 0.3) is 65.2 Å². The number of thiazole rings is 1. The highest BCUT2D eigenvalue weighted by Gasteiger charge is 2.19. The molecule has 0 aliphatic carbocycles. The fourth-order valence-electron chi connectivity index (χ4n) is 5.50. The van der Waals surface area contributed by atoms with Crippen LogP contribution in [0.1, 0.15) is 0 Å². The maximum absolute atomic E-state index is 13.7. The number of hydrogen-bond donors (Lipinski definition) is 0. The lowest BCUT2D eigenvalue weighted by molar-refractivity contribution is 0.912. The lowest BCUT2D eigenvalue weighted by Gasteiger charge is -2.09. The fourth-order valence-corrected chi connectivity index (χ4v) is 6.62. The van der Waals surface area contributed by atoms with Gasteiger partial charge >= 0.3 is 5.69 Å². The molecule has 8 rings (SSSR count). The van der Waals surface area contributed by atoms with Crippen LogP contribution >= 0.6 is 11.3 Å². The fraction of sp³-hybridized carbons (Fsp3) is 0. The number of nitrogens with zero attached hydrogens (tertiary/aromatic N) is 4. The van der Waals surface area contributed by atoms with Crippen molar-refractivity contribution >= 4 is 48.3 Å². The molecule has 184 valence electrons. The molecule has 6 heteroatoms. The number of fused-ring (bicyclic) bond motifs is 6. The predicted molar refractivity (Wildman–Crippen MR) is 160 cm³/mol. The van der Waals surface area contributed by atoms with Crippen LogP contribution in [0.15, 0.2) is 126 Å². The van der Waals surface area contributed by atoms with Gasteiger partial charge in [-0.1, -0.05) is 108 Å². The van der Waals surface area contributed by atoms with E-state index in [4.69, 9.17) is 4.98 Å². The summed E-state index contributed by atoms with van der Waals surface area (Å²) in [5.74, 6) is 0.383. The highest BCUT2D eigenvalue weighted by molar-refractivity contribution is 7.24. The molecule has 0 N–H and O–H groups in total. The van der Waals surface area contributed by atoms with E-state index in [1.165, 1.54) is 11.3 Å². The van der Waals surface area contributed by atoms with Crippen LogP contribution in [0.3, 0.4) is 0 Å². The van der Waals surface area contributed by atoms with Gasteiger partial charge in [0.15, 0.2) is 0 Å². The van der Waals surface area contributed by atoms with E-state index < -0.39 is 0 Å². The smallest absolute Gasteiger partial charge is 0.278 e. The monoisotopic (exact) mass is 520 g/mol. The van der Waals surface area contributed by atoms with E-state index in [1.807, 2.05) is 77.4 Å². The summed E-state index contributed by atoms with van der Waals surface area (Å²) in [7, 11) is 0. The number of benzene rings is 5. The molecular weight excluding hydrogens is 500 g/mol. The SMILES string of the molecule is O=c1nc(-n2c3ccccc3c3ccccc32)nc2sc3c(-c4ccccc4)cc(-c4ccccc4)cc3n12. The largest absolute Gasteiger partial charge is 0.357 e.